The van der Waals surface area contributed by atoms with Crippen LogP contribution in [0.2, 0.25) is 0 Å². The molecule has 0 aliphatic heterocycles. The van der Waals surface area contributed by atoms with E-state index in [4.69, 9.17) is 4.74 Å². The van der Waals surface area contributed by atoms with E-state index in [0.29, 0.717) is 16.1 Å². The molecule has 0 fully saturated rings. The third kappa shape index (κ3) is 5.02. The Morgan fingerprint density at radius 2 is 1.65 bits per heavy atom. The summed E-state index contributed by atoms with van der Waals surface area (Å²) in [6.07, 6.45) is -0.889. The number of benzene rings is 1. The van der Waals surface area contributed by atoms with Gasteiger partial charge in [0.15, 0.2) is 6.10 Å². The zero-order valence-electron chi connectivity index (χ0n) is 15.6. The summed E-state index contributed by atoms with van der Waals surface area (Å²) in [5.74, 6) is -0.900. The lowest BCUT2D eigenvalue weighted by atomic mass is 9.95. The van der Waals surface area contributed by atoms with Crippen molar-refractivity contribution in [1.82, 2.24) is 0 Å². The normalized spacial score (nSPS) is 12.3. The summed E-state index contributed by atoms with van der Waals surface area (Å²) in [5, 5.41) is 2.80. The molecule has 2 aromatic rings. The number of ketones is 1. The highest BCUT2D eigenvalue weighted by atomic mass is 32.1. The molecular weight excluding hydrogens is 350 g/mol. The Kier molecular flexibility index (Phi) is 5.97. The second kappa shape index (κ2) is 7.83. The number of carbonyl (C=O) groups is 3. The molecule has 0 spiro atoms. The average Bonchev–Trinajstić information content (AvgIpc) is 3.00. The van der Waals surface area contributed by atoms with Gasteiger partial charge in [-0.2, -0.15) is 0 Å². The fourth-order valence-electron chi connectivity index (χ4n) is 2.09. The van der Waals surface area contributed by atoms with Gasteiger partial charge in [0, 0.05) is 21.5 Å². The first-order chi connectivity index (χ1) is 12.1. The van der Waals surface area contributed by atoms with Gasteiger partial charge in [-0.3, -0.25) is 9.59 Å². The van der Waals surface area contributed by atoms with Gasteiger partial charge in [-0.05, 0) is 50.2 Å². The van der Waals surface area contributed by atoms with Crippen LogP contribution in [0, 0.1) is 12.3 Å². The molecule has 0 aliphatic carbocycles. The van der Waals surface area contributed by atoms with Gasteiger partial charge in [0.2, 0.25) is 11.7 Å². The molecule has 0 saturated heterocycles. The van der Waals surface area contributed by atoms with E-state index in [2.05, 4.69) is 5.32 Å². The largest absolute Gasteiger partial charge is 0.450 e. The molecular formula is C20H23NO4S. The van der Waals surface area contributed by atoms with Gasteiger partial charge in [0.25, 0.3) is 0 Å². The Hall–Kier alpha value is -2.47. The van der Waals surface area contributed by atoms with E-state index in [0.717, 1.165) is 4.88 Å². The summed E-state index contributed by atoms with van der Waals surface area (Å²) >= 11 is 1.33. The molecule has 1 aromatic heterocycles. The molecule has 0 unspecified atom stereocenters. The van der Waals surface area contributed by atoms with Crippen molar-refractivity contribution in [2.75, 3.05) is 5.32 Å². The maximum Gasteiger partial charge on any atom is 0.349 e. The van der Waals surface area contributed by atoms with Crippen molar-refractivity contribution in [3.63, 3.8) is 0 Å². The lowest BCUT2D eigenvalue weighted by Crippen LogP contribution is -2.27. The van der Waals surface area contributed by atoms with Crippen molar-refractivity contribution in [3.8, 4) is 0 Å². The SMILES string of the molecule is Cc1ccc(C(=O)O[C@H](C)C(=O)c2ccc(NC(=O)C(C)(C)C)cc2)s1. The fraction of sp³-hybridized carbons (Fsp3) is 0.350. The topological polar surface area (TPSA) is 72.5 Å². The molecule has 0 radical (unpaired) electrons. The van der Waals surface area contributed by atoms with Gasteiger partial charge in [-0.25, -0.2) is 4.79 Å². The summed E-state index contributed by atoms with van der Waals surface area (Å²) in [6.45, 7) is 8.92. The number of carbonyl (C=O) groups excluding carboxylic acids is 3. The van der Waals surface area contributed by atoms with Crippen LogP contribution in [0.5, 0.6) is 0 Å². The Balaban J connectivity index is 2.00. The number of ether oxygens (including phenoxy) is 1. The quantitative estimate of drug-likeness (QED) is 0.620. The molecule has 0 saturated carbocycles. The molecule has 1 N–H and O–H groups in total. The number of esters is 1. The van der Waals surface area contributed by atoms with Crippen LogP contribution in [-0.2, 0) is 9.53 Å². The van der Waals surface area contributed by atoms with Crippen molar-refractivity contribution in [2.45, 2.75) is 40.7 Å². The number of nitrogens with one attached hydrogen (secondary N) is 1. The van der Waals surface area contributed by atoms with Gasteiger partial charge in [-0.1, -0.05) is 20.8 Å². The van der Waals surface area contributed by atoms with E-state index in [1.807, 2.05) is 33.8 Å². The van der Waals surface area contributed by atoms with E-state index in [1.54, 1.807) is 37.3 Å². The predicted octanol–water partition coefficient (Wildman–Crippen LogP) is 4.47. The summed E-state index contributed by atoms with van der Waals surface area (Å²) < 4.78 is 5.26. The van der Waals surface area contributed by atoms with E-state index in [1.165, 1.54) is 11.3 Å². The van der Waals surface area contributed by atoms with Crippen LogP contribution in [-0.4, -0.2) is 23.8 Å². The number of hydrogen-bond acceptors (Lipinski definition) is 5. The van der Waals surface area contributed by atoms with Crippen LogP contribution in [0.15, 0.2) is 36.4 Å². The zero-order valence-corrected chi connectivity index (χ0v) is 16.4. The van der Waals surface area contributed by atoms with Gasteiger partial charge in [0.1, 0.15) is 4.88 Å². The third-order valence-corrected chi connectivity index (χ3v) is 4.68. The van der Waals surface area contributed by atoms with E-state index < -0.39 is 17.5 Å². The van der Waals surface area contributed by atoms with Crippen LogP contribution in [0.25, 0.3) is 0 Å². The minimum absolute atomic E-state index is 0.106. The summed E-state index contributed by atoms with van der Waals surface area (Å²) in [7, 11) is 0. The molecule has 0 aliphatic rings. The minimum atomic E-state index is -0.889. The van der Waals surface area contributed by atoms with Crippen LogP contribution < -0.4 is 5.32 Å². The van der Waals surface area contributed by atoms with Gasteiger partial charge >= 0.3 is 5.97 Å². The third-order valence-electron chi connectivity index (χ3n) is 3.70. The summed E-state index contributed by atoms with van der Waals surface area (Å²) in [5.41, 5.74) is 0.527. The van der Waals surface area contributed by atoms with Crippen molar-refractivity contribution in [1.29, 1.82) is 0 Å². The first-order valence-electron chi connectivity index (χ1n) is 8.31. The van der Waals surface area contributed by atoms with Crippen LogP contribution in [0.3, 0.4) is 0 Å². The van der Waals surface area contributed by atoms with E-state index in [-0.39, 0.29) is 11.7 Å². The number of hydrogen-bond donors (Lipinski definition) is 1. The molecule has 5 nitrogen and oxygen atoms in total. The maximum atomic E-state index is 12.4. The lowest BCUT2D eigenvalue weighted by Gasteiger charge is -2.18. The standard InChI is InChI=1S/C20H23NO4S/c1-12-6-11-16(26-12)18(23)25-13(2)17(22)14-7-9-15(10-8-14)21-19(24)20(3,4)5/h6-11,13H,1-5H3,(H,21,24)/t13-/m1/s1. The smallest absolute Gasteiger partial charge is 0.349 e. The van der Waals surface area contributed by atoms with E-state index >= 15 is 0 Å². The molecule has 1 heterocycles. The first-order valence-corrected chi connectivity index (χ1v) is 9.13. The van der Waals surface area contributed by atoms with Crippen molar-refractivity contribution < 1.29 is 19.1 Å². The molecule has 26 heavy (non-hydrogen) atoms. The van der Waals surface area contributed by atoms with E-state index in [9.17, 15) is 14.4 Å². The number of amides is 1. The Labute approximate surface area is 157 Å². The molecule has 138 valence electrons. The fourth-order valence-corrected chi connectivity index (χ4v) is 2.84. The highest BCUT2D eigenvalue weighted by Crippen LogP contribution is 2.20. The number of thiophene rings is 1. The minimum Gasteiger partial charge on any atom is -0.450 e. The second-order valence-electron chi connectivity index (χ2n) is 7.10. The van der Waals surface area contributed by atoms with Gasteiger partial charge < -0.3 is 10.1 Å². The van der Waals surface area contributed by atoms with Gasteiger partial charge in [-0.15, -0.1) is 11.3 Å². The predicted molar refractivity (Wildman–Crippen MR) is 103 cm³/mol. The number of rotatable bonds is 5. The Morgan fingerprint density at radius 3 is 2.15 bits per heavy atom. The van der Waals surface area contributed by atoms with Crippen molar-refractivity contribution >= 4 is 34.7 Å². The highest BCUT2D eigenvalue weighted by molar-refractivity contribution is 7.13. The number of Topliss-reactive ketones (excluding diaryl/α,β-unsaturated/α-hetero) is 1. The first kappa shape index (κ1) is 19.8. The molecule has 1 amide bonds. The van der Waals surface area contributed by atoms with Gasteiger partial charge in [0.05, 0.1) is 0 Å². The Bertz CT molecular complexity index is 815. The molecule has 2 rings (SSSR count). The van der Waals surface area contributed by atoms with Crippen LogP contribution in [0.4, 0.5) is 5.69 Å². The number of aryl methyl sites for hydroxylation is 1. The zero-order chi connectivity index (χ0) is 19.5. The molecule has 1 atom stereocenters. The average molecular weight is 373 g/mol. The molecule has 6 heteroatoms. The lowest BCUT2D eigenvalue weighted by molar-refractivity contribution is -0.123. The Morgan fingerprint density at radius 1 is 1.04 bits per heavy atom. The molecule has 0 bridgehead atoms. The monoisotopic (exact) mass is 373 g/mol. The van der Waals surface area contributed by atoms with Crippen LogP contribution >= 0.6 is 11.3 Å². The maximum absolute atomic E-state index is 12.4. The summed E-state index contributed by atoms with van der Waals surface area (Å²) in [6, 6.07) is 10.1. The second-order valence-corrected chi connectivity index (χ2v) is 8.39. The van der Waals surface area contributed by atoms with Crippen molar-refractivity contribution in [2.24, 2.45) is 5.41 Å². The summed E-state index contributed by atoms with van der Waals surface area (Å²) in [4.78, 5) is 38.0. The van der Waals surface area contributed by atoms with Crippen LogP contribution in [0.1, 0.15) is 52.6 Å². The number of anilines is 1. The van der Waals surface area contributed by atoms with Crippen molar-refractivity contribution in [3.05, 3.63) is 51.7 Å². The highest BCUT2D eigenvalue weighted by Gasteiger charge is 2.23. The molecule has 1 aromatic carbocycles.